The molecule has 0 aliphatic rings. The van der Waals surface area contributed by atoms with Crippen LogP contribution in [0, 0.1) is 0 Å². The lowest BCUT2D eigenvalue weighted by Gasteiger charge is -1.98. The summed E-state index contributed by atoms with van der Waals surface area (Å²) in [6.07, 6.45) is 1.24. The molecule has 0 spiro atoms. The molecule has 0 heterocycles. The fraction of sp³-hybridized carbons (Fsp3) is 0.182. The van der Waals surface area contributed by atoms with Gasteiger partial charge in [-0.3, -0.25) is 0 Å². The van der Waals surface area contributed by atoms with Crippen LogP contribution in [0.3, 0.4) is 0 Å². The molecule has 0 atom stereocenters. The molecule has 3 nitrogen and oxygen atoms in total. The van der Waals surface area contributed by atoms with Crippen molar-refractivity contribution in [2.24, 2.45) is 5.73 Å². The predicted molar refractivity (Wildman–Crippen MR) is 60.4 cm³/mol. The Morgan fingerprint density at radius 3 is 2.47 bits per heavy atom. The topological polar surface area (TPSA) is 60.2 Å². The molecule has 0 saturated heterocycles. The summed E-state index contributed by atoms with van der Waals surface area (Å²) in [5.41, 5.74) is 6.26. The van der Waals surface area contributed by atoms with Gasteiger partial charge < -0.3 is 5.73 Å². The monoisotopic (exact) mass is 219 g/mol. The maximum Gasteiger partial charge on any atom is 0.133 e. The molecule has 2 N–H and O–H groups in total. The van der Waals surface area contributed by atoms with Crippen molar-refractivity contribution >= 4 is 29.1 Å². The van der Waals surface area contributed by atoms with E-state index in [1.807, 2.05) is 0 Å². The molecule has 0 aliphatic carbocycles. The molecule has 76 valence electrons. The van der Waals surface area contributed by atoms with Gasteiger partial charge >= 0.3 is 0 Å². The fourth-order valence-corrected chi connectivity index (χ4v) is 1.29. The van der Waals surface area contributed by atoms with Crippen LogP contribution in [0.25, 0.3) is 0 Å². The van der Waals surface area contributed by atoms with Gasteiger partial charge in [-0.2, -0.15) is 0 Å². The standard InChI is InChI=1S/C11H9NO2S/c12-11(15)4-2-8-1-3-9(6-13)10(5-8)7-14/h1,3,5H,2,4H2,(H2,12,15). The molecule has 0 radical (unpaired) electrons. The Bertz CT molecular complexity index is 540. The van der Waals surface area contributed by atoms with Gasteiger partial charge in [0.25, 0.3) is 0 Å². The molecule has 4 heteroatoms. The van der Waals surface area contributed by atoms with E-state index < -0.39 is 0 Å². The van der Waals surface area contributed by atoms with Crippen molar-refractivity contribution in [2.45, 2.75) is 12.8 Å². The van der Waals surface area contributed by atoms with Crippen molar-refractivity contribution in [3.05, 3.63) is 34.2 Å². The number of hydrogen-bond acceptors (Lipinski definition) is 3. The van der Waals surface area contributed by atoms with Crippen molar-refractivity contribution in [1.82, 2.24) is 0 Å². The van der Waals surface area contributed by atoms with Crippen LogP contribution in [0.5, 0.6) is 0 Å². The van der Waals surface area contributed by atoms with E-state index in [0.717, 1.165) is 5.56 Å². The van der Waals surface area contributed by atoms with Gasteiger partial charge in [0.15, 0.2) is 0 Å². The average molecular weight is 219 g/mol. The highest BCUT2D eigenvalue weighted by molar-refractivity contribution is 7.80. The quantitative estimate of drug-likeness (QED) is 0.656. The van der Waals surface area contributed by atoms with Crippen molar-refractivity contribution in [3.63, 3.8) is 0 Å². The molecule has 0 saturated carbocycles. The van der Waals surface area contributed by atoms with Gasteiger partial charge in [0.05, 0.1) is 15.4 Å². The maximum atomic E-state index is 10.5. The van der Waals surface area contributed by atoms with Crippen molar-refractivity contribution in [3.8, 4) is 0 Å². The van der Waals surface area contributed by atoms with E-state index in [4.69, 9.17) is 18.0 Å². The summed E-state index contributed by atoms with van der Waals surface area (Å²) in [5, 5.41) is 0.453. The minimum absolute atomic E-state index is 0.226. The SMILES string of the molecule is NC(=S)CCc1ccc(=C=O)c(=C=O)c1. The Morgan fingerprint density at radius 2 is 1.93 bits per heavy atom. The van der Waals surface area contributed by atoms with Gasteiger partial charge in [-0.15, -0.1) is 0 Å². The van der Waals surface area contributed by atoms with E-state index in [-0.39, 0.29) is 10.4 Å². The van der Waals surface area contributed by atoms with Crippen molar-refractivity contribution < 1.29 is 9.59 Å². The molecule has 0 aromatic heterocycles. The molecular weight excluding hydrogens is 210 g/mol. The number of rotatable bonds is 3. The number of aryl methyl sites for hydroxylation is 1. The minimum Gasteiger partial charge on any atom is -0.393 e. The number of benzene rings is 1. The molecule has 0 fully saturated rings. The summed E-state index contributed by atoms with van der Waals surface area (Å²) in [7, 11) is 0. The lowest BCUT2D eigenvalue weighted by atomic mass is 10.1. The molecule has 1 rings (SSSR count). The number of carbonyl (C=O) groups excluding carboxylic acids is 2. The number of nitrogens with two attached hydrogens (primary N) is 1. The lowest BCUT2D eigenvalue weighted by Crippen LogP contribution is -2.27. The van der Waals surface area contributed by atoms with Crippen LogP contribution in [0.2, 0.25) is 0 Å². The van der Waals surface area contributed by atoms with Crippen LogP contribution < -0.4 is 16.2 Å². The number of hydrogen-bond donors (Lipinski definition) is 1. The summed E-state index contributed by atoms with van der Waals surface area (Å²) in [6, 6.07) is 4.90. The molecule has 1 aromatic carbocycles. The Labute approximate surface area is 91.9 Å². The zero-order valence-electron chi connectivity index (χ0n) is 7.95. The van der Waals surface area contributed by atoms with Crippen molar-refractivity contribution in [2.75, 3.05) is 0 Å². The first-order valence-corrected chi connectivity index (χ1v) is 4.75. The van der Waals surface area contributed by atoms with Gasteiger partial charge in [0.2, 0.25) is 0 Å². The second kappa shape index (κ2) is 5.23. The van der Waals surface area contributed by atoms with E-state index in [9.17, 15) is 9.59 Å². The van der Waals surface area contributed by atoms with E-state index in [1.54, 1.807) is 30.1 Å². The molecule has 1 aromatic rings. The predicted octanol–water partition coefficient (Wildman–Crippen LogP) is -1.09. The first kappa shape index (κ1) is 11.3. The van der Waals surface area contributed by atoms with Crippen LogP contribution in [0.4, 0.5) is 0 Å². The second-order valence-electron chi connectivity index (χ2n) is 3.05. The zero-order chi connectivity index (χ0) is 11.3. The van der Waals surface area contributed by atoms with Crippen LogP contribution in [0.15, 0.2) is 18.2 Å². The highest BCUT2D eigenvalue weighted by atomic mass is 32.1. The van der Waals surface area contributed by atoms with Gasteiger partial charge in [-0.25, -0.2) is 9.59 Å². The van der Waals surface area contributed by atoms with E-state index in [1.165, 1.54) is 0 Å². The largest absolute Gasteiger partial charge is 0.393 e. The van der Waals surface area contributed by atoms with Gasteiger partial charge in [-0.05, 0) is 24.1 Å². The van der Waals surface area contributed by atoms with Gasteiger partial charge in [0, 0.05) is 6.42 Å². The van der Waals surface area contributed by atoms with Crippen LogP contribution in [0.1, 0.15) is 12.0 Å². The number of thiocarbonyl (C=S) groups is 1. The second-order valence-corrected chi connectivity index (χ2v) is 3.57. The summed E-state index contributed by atoms with van der Waals surface area (Å²) in [4.78, 5) is 21.4. The summed E-state index contributed by atoms with van der Waals surface area (Å²) in [6.45, 7) is 0. The highest BCUT2D eigenvalue weighted by Crippen LogP contribution is 1.97. The Balaban J connectivity index is 3.11. The smallest absolute Gasteiger partial charge is 0.133 e. The normalized spacial score (nSPS) is 9.07. The average Bonchev–Trinajstić information content (AvgIpc) is 2.25. The maximum absolute atomic E-state index is 10.5. The highest BCUT2D eigenvalue weighted by Gasteiger charge is 1.96. The Morgan fingerprint density at radius 1 is 1.27 bits per heavy atom. The van der Waals surface area contributed by atoms with E-state index in [0.29, 0.717) is 17.8 Å². The van der Waals surface area contributed by atoms with E-state index >= 15 is 0 Å². The molecule has 0 bridgehead atoms. The molecule has 0 amide bonds. The van der Waals surface area contributed by atoms with Gasteiger partial charge in [-0.1, -0.05) is 18.3 Å². The fourth-order valence-electron chi connectivity index (χ4n) is 1.19. The third kappa shape index (κ3) is 3.15. The first-order chi connectivity index (χ1) is 7.17. The molecule has 0 aliphatic heterocycles. The van der Waals surface area contributed by atoms with Crippen LogP contribution in [-0.2, 0) is 16.0 Å². The first-order valence-electron chi connectivity index (χ1n) is 4.35. The lowest BCUT2D eigenvalue weighted by molar-refractivity contribution is 0.564. The zero-order valence-corrected chi connectivity index (χ0v) is 8.76. The summed E-state index contributed by atoms with van der Waals surface area (Å²) < 4.78 is 0. The van der Waals surface area contributed by atoms with Crippen molar-refractivity contribution in [1.29, 1.82) is 0 Å². The minimum atomic E-state index is 0.226. The van der Waals surface area contributed by atoms with Crippen LogP contribution >= 0.6 is 12.2 Å². The Hall–Kier alpha value is -1.73. The molecule has 15 heavy (non-hydrogen) atoms. The summed E-state index contributed by atoms with van der Waals surface area (Å²) in [5.74, 6) is 3.37. The molecule has 0 unspecified atom stereocenters. The third-order valence-electron chi connectivity index (χ3n) is 1.96. The van der Waals surface area contributed by atoms with Crippen LogP contribution in [-0.4, -0.2) is 16.9 Å². The van der Waals surface area contributed by atoms with Gasteiger partial charge in [0.1, 0.15) is 11.9 Å². The van der Waals surface area contributed by atoms with E-state index in [2.05, 4.69) is 0 Å². The Kier molecular flexibility index (Phi) is 3.95. The summed E-state index contributed by atoms with van der Waals surface area (Å²) >= 11 is 4.74. The molecular formula is C11H9NO2S. The third-order valence-corrected chi connectivity index (χ3v) is 2.17.